The van der Waals surface area contributed by atoms with Crippen molar-refractivity contribution >= 4 is 22.5 Å². The molecule has 154 valence electrons. The zero-order valence-corrected chi connectivity index (χ0v) is 17.6. The quantitative estimate of drug-likeness (QED) is 0.537. The number of carbonyl (C=O) groups is 1. The molecule has 0 bridgehead atoms. The Morgan fingerprint density at radius 1 is 1.00 bits per heavy atom. The van der Waals surface area contributed by atoms with Gasteiger partial charge in [-0.25, -0.2) is 4.98 Å². The molecule has 5 heteroatoms. The van der Waals surface area contributed by atoms with Crippen molar-refractivity contribution < 1.29 is 6.22 Å². The average molecular weight is 393 g/mol. The maximum atomic E-state index is 12.5. The summed E-state index contributed by atoms with van der Waals surface area (Å²) in [6.45, 7) is 8.65. The highest BCUT2D eigenvalue weighted by molar-refractivity contribution is 5.94. The fraction of sp³-hybridized carbons (Fsp3) is 0.375. The molecule has 3 rings (SSSR count). The molecule has 0 radical (unpaired) electrons. The number of fused-ring (bicyclic) bond motifs is 1. The maximum absolute atomic E-state index is 12.5. The number of nitrogens with one attached hydrogen (secondary N) is 1. The SMILES string of the molecule is CCCCN(CCC)CC(=O)Nc1cc2cc(-c3cncc(C)c3)ccc2cn1.[HH]. The number of hydrogen-bond acceptors (Lipinski definition) is 4. The van der Waals surface area contributed by atoms with E-state index in [0.29, 0.717) is 12.4 Å². The van der Waals surface area contributed by atoms with E-state index in [2.05, 4.69) is 58.3 Å². The van der Waals surface area contributed by atoms with Crippen molar-refractivity contribution in [3.8, 4) is 11.1 Å². The van der Waals surface area contributed by atoms with Crippen LogP contribution >= 0.6 is 0 Å². The zero-order valence-electron chi connectivity index (χ0n) is 17.6. The van der Waals surface area contributed by atoms with Crippen LogP contribution in [-0.4, -0.2) is 40.4 Å². The Labute approximate surface area is 174 Å². The monoisotopic (exact) mass is 392 g/mol. The minimum absolute atomic E-state index is 0. The van der Waals surface area contributed by atoms with Crippen molar-refractivity contribution in [2.24, 2.45) is 0 Å². The third-order valence-electron chi connectivity index (χ3n) is 4.93. The highest BCUT2D eigenvalue weighted by Gasteiger charge is 2.11. The maximum Gasteiger partial charge on any atom is 0.239 e. The van der Waals surface area contributed by atoms with Crippen LogP contribution in [0.15, 0.2) is 48.9 Å². The molecule has 0 atom stereocenters. The molecule has 0 aliphatic carbocycles. The molecule has 0 spiro atoms. The van der Waals surface area contributed by atoms with Crippen LogP contribution in [0, 0.1) is 6.92 Å². The van der Waals surface area contributed by atoms with Crippen molar-refractivity contribution in [1.82, 2.24) is 14.9 Å². The minimum Gasteiger partial charge on any atom is -0.310 e. The molecule has 1 N–H and O–H groups in total. The van der Waals surface area contributed by atoms with Gasteiger partial charge < -0.3 is 5.32 Å². The van der Waals surface area contributed by atoms with Crippen LogP contribution in [0.1, 0.15) is 40.1 Å². The lowest BCUT2D eigenvalue weighted by Gasteiger charge is -2.20. The zero-order chi connectivity index (χ0) is 20.6. The molecule has 3 aromatic rings. The summed E-state index contributed by atoms with van der Waals surface area (Å²) >= 11 is 0. The van der Waals surface area contributed by atoms with Gasteiger partial charge in [-0.2, -0.15) is 0 Å². The number of nitrogens with zero attached hydrogens (tertiary/aromatic N) is 3. The predicted octanol–water partition coefficient (Wildman–Crippen LogP) is 5.30. The van der Waals surface area contributed by atoms with Crippen LogP contribution in [0.5, 0.6) is 0 Å². The molecule has 1 aromatic carbocycles. The van der Waals surface area contributed by atoms with E-state index in [9.17, 15) is 4.79 Å². The Morgan fingerprint density at radius 3 is 2.62 bits per heavy atom. The first-order valence-electron chi connectivity index (χ1n) is 10.4. The molecule has 0 unspecified atom stereocenters. The largest absolute Gasteiger partial charge is 0.310 e. The molecule has 0 saturated carbocycles. The number of aryl methyl sites for hydroxylation is 1. The third kappa shape index (κ3) is 5.84. The lowest BCUT2D eigenvalue weighted by Crippen LogP contribution is -2.34. The molecule has 1 amide bonds. The van der Waals surface area contributed by atoms with Crippen molar-refractivity contribution in [1.29, 1.82) is 0 Å². The van der Waals surface area contributed by atoms with Crippen molar-refractivity contribution in [3.63, 3.8) is 0 Å². The Bertz CT molecular complexity index is 976. The first-order valence-corrected chi connectivity index (χ1v) is 10.4. The van der Waals surface area contributed by atoms with E-state index in [1.54, 1.807) is 0 Å². The third-order valence-corrected chi connectivity index (χ3v) is 4.93. The van der Waals surface area contributed by atoms with Crippen LogP contribution in [0.3, 0.4) is 0 Å². The summed E-state index contributed by atoms with van der Waals surface area (Å²) in [4.78, 5) is 23.4. The van der Waals surface area contributed by atoms with E-state index in [4.69, 9.17) is 0 Å². The van der Waals surface area contributed by atoms with Gasteiger partial charge in [-0.3, -0.25) is 14.7 Å². The molecule has 0 aliphatic rings. The van der Waals surface area contributed by atoms with Crippen LogP contribution in [0.2, 0.25) is 0 Å². The summed E-state index contributed by atoms with van der Waals surface area (Å²) < 4.78 is 0. The fourth-order valence-corrected chi connectivity index (χ4v) is 3.46. The minimum atomic E-state index is -0.0135. The Hall–Kier alpha value is -2.79. The lowest BCUT2D eigenvalue weighted by atomic mass is 10.0. The Morgan fingerprint density at radius 2 is 1.86 bits per heavy atom. The number of unbranched alkanes of at least 4 members (excludes halogenated alkanes) is 1. The van der Waals surface area contributed by atoms with Crippen molar-refractivity contribution in [3.05, 3.63) is 54.5 Å². The van der Waals surface area contributed by atoms with Gasteiger partial charge in [0.2, 0.25) is 5.91 Å². The van der Waals surface area contributed by atoms with Crippen LogP contribution in [0.4, 0.5) is 5.82 Å². The van der Waals surface area contributed by atoms with Gasteiger partial charge in [0.15, 0.2) is 0 Å². The molecule has 5 nitrogen and oxygen atoms in total. The topological polar surface area (TPSA) is 58.1 Å². The summed E-state index contributed by atoms with van der Waals surface area (Å²) in [5.41, 5.74) is 3.32. The van der Waals surface area contributed by atoms with E-state index in [0.717, 1.165) is 59.8 Å². The highest BCUT2D eigenvalue weighted by atomic mass is 16.2. The van der Waals surface area contributed by atoms with Gasteiger partial charge in [-0.05, 0) is 67.6 Å². The van der Waals surface area contributed by atoms with E-state index < -0.39 is 0 Å². The molecule has 0 fully saturated rings. The smallest absolute Gasteiger partial charge is 0.239 e. The summed E-state index contributed by atoms with van der Waals surface area (Å²) in [6.07, 6.45) is 8.82. The van der Waals surface area contributed by atoms with Crippen LogP contribution in [-0.2, 0) is 4.79 Å². The first kappa shape index (κ1) is 20.9. The predicted molar refractivity (Wildman–Crippen MR) is 122 cm³/mol. The van der Waals surface area contributed by atoms with Crippen molar-refractivity contribution in [2.45, 2.75) is 40.0 Å². The van der Waals surface area contributed by atoms with Gasteiger partial charge in [-0.15, -0.1) is 0 Å². The number of pyridine rings is 2. The normalized spacial score (nSPS) is 11.2. The standard InChI is InChI=1S/C24H30N4O.H2/c1-4-6-10-28(9-5-2)17-24(29)27-23-13-21-12-19(7-8-20(21)16-26-23)22-11-18(3)14-25-15-22;/h7-8,11-16H,4-6,9-10,17H2,1-3H3,(H,26,27,29);1H. The number of benzene rings is 1. The number of amides is 1. The average Bonchev–Trinajstić information content (AvgIpc) is 2.71. The van der Waals surface area contributed by atoms with Gasteiger partial charge in [-0.1, -0.05) is 32.4 Å². The summed E-state index contributed by atoms with van der Waals surface area (Å²) in [5, 5.41) is 5.05. The van der Waals surface area contributed by atoms with Crippen LogP contribution in [0.25, 0.3) is 21.9 Å². The number of aromatic nitrogens is 2. The second-order valence-electron chi connectivity index (χ2n) is 7.56. The fourth-order valence-electron chi connectivity index (χ4n) is 3.46. The lowest BCUT2D eigenvalue weighted by molar-refractivity contribution is -0.117. The summed E-state index contributed by atoms with van der Waals surface area (Å²) in [7, 11) is 0. The number of hydrogen-bond donors (Lipinski definition) is 1. The molecular weight excluding hydrogens is 360 g/mol. The second kappa shape index (κ2) is 10.1. The summed E-state index contributed by atoms with van der Waals surface area (Å²) in [5.74, 6) is 0.578. The Balaban J connectivity index is 0.00000320. The number of anilines is 1. The van der Waals surface area contributed by atoms with Gasteiger partial charge in [0.05, 0.1) is 6.54 Å². The molecule has 2 heterocycles. The van der Waals surface area contributed by atoms with Gasteiger partial charge in [0, 0.05) is 31.0 Å². The van der Waals surface area contributed by atoms with E-state index >= 15 is 0 Å². The molecule has 0 saturated heterocycles. The van der Waals surface area contributed by atoms with Gasteiger partial charge in [0.25, 0.3) is 0 Å². The summed E-state index contributed by atoms with van der Waals surface area (Å²) in [6, 6.07) is 10.3. The number of rotatable bonds is 9. The first-order chi connectivity index (χ1) is 14.1. The molecule has 0 aliphatic heterocycles. The van der Waals surface area contributed by atoms with E-state index in [1.165, 1.54) is 0 Å². The highest BCUT2D eigenvalue weighted by Crippen LogP contribution is 2.25. The molecule has 29 heavy (non-hydrogen) atoms. The number of carbonyl (C=O) groups excluding carboxylic acids is 1. The Kier molecular flexibility index (Phi) is 7.30. The van der Waals surface area contributed by atoms with E-state index in [1.807, 2.05) is 31.6 Å². The molecule has 2 aromatic heterocycles. The molecular formula is C24H32N4O. The second-order valence-corrected chi connectivity index (χ2v) is 7.56. The van der Waals surface area contributed by atoms with E-state index in [-0.39, 0.29) is 7.33 Å². The van der Waals surface area contributed by atoms with Crippen LogP contribution < -0.4 is 5.32 Å². The van der Waals surface area contributed by atoms with Gasteiger partial charge in [0.1, 0.15) is 5.82 Å². The van der Waals surface area contributed by atoms with Gasteiger partial charge >= 0.3 is 0 Å². The van der Waals surface area contributed by atoms with Crippen molar-refractivity contribution in [2.75, 3.05) is 25.0 Å².